The Kier molecular flexibility index (Phi) is 5.48. The normalized spacial score (nSPS) is 11.9. The van der Waals surface area contributed by atoms with Gasteiger partial charge in [-0.1, -0.05) is 6.92 Å². The molecule has 0 saturated heterocycles. The van der Waals surface area contributed by atoms with E-state index in [4.69, 9.17) is 0 Å². The molecule has 0 unspecified atom stereocenters. The van der Waals surface area contributed by atoms with Crippen LogP contribution in [0.15, 0.2) is 23.5 Å². The van der Waals surface area contributed by atoms with Gasteiger partial charge in [0.25, 0.3) is 0 Å². The highest BCUT2D eigenvalue weighted by molar-refractivity contribution is 7.89. The SMILES string of the molecule is CCCNCc1cc(S(=O)(=O)NCCc2ncn[nH]2)c[nH]1. The molecular weight excluding hydrogens is 292 g/mol. The molecule has 2 aromatic rings. The molecule has 0 aromatic carbocycles. The minimum atomic E-state index is -3.49. The first-order valence-electron chi connectivity index (χ1n) is 6.83. The molecule has 2 rings (SSSR count). The summed E-state index contributed by atoms with van der Waals surface area (Å²) in [6.07, 6.45) is 4.40. The molecule has 2 aromatic heterocycles. The van der Waals surface area contributed by atoms with Crippen molar-refractivity contribution < 1.29 is 8.42 Å². The Labute approximate surface area is 123 Å². The van der Waals surface area contributed by atoms with Crippen LogP contribution in [0.2, 0.25) is 0 Å². The number of H-pyrrole nitrogens is 2. The van der Waals surface area contributed by atoms with Crippen LogP contribution in [0.25, 0.3) is 0 Å². The summed E-state index contributed by atoms with van der Waals surface area (Å²) in [4.78, 5) is 7.15. The topological polar surface area (TPSA) is 116 Å². The van der Waals surface area contributed by atoms with Crippen LogP contribution in [-0.2, 0) is 23.0 Å². The van der Waals surface area contributed by atoms with Crippen molar-refractivity contribution in [1.82, 2.24) is 30.2 Å². The van der Waals surface area contributed by atoms with E-state index in [1.807, 2.05) is 0 Å². The number of aromatic nitrogens is 4. The predicted octanol–water partition coefficient (Wildman–Crippen LogP) is 0.153. The van der Waals surface area contributed by atoms with Gasteiger partial charge in [0.15, 0.2) is 0 Å². The van der Waals surface area contributed by atoms with Crippen molar-refractivity contribution in [2.75, 3.05) is 13.1 Å². The van der Waals surface area contributed by atoms with Crippen LogP contribution in [0.5, 0.6) is 0 Å². The van der Waals surface area contributed by atoms with Gasteiger partial charge in [-0.05, 0) is 19.0 Å². The zero-order valence-electron chi connectivity index (χ0n) is 11.9. The molecule has 116 valence electrons. The van der Waals surface area contributed by atoms with Gasteiger partial charge in [-0.3, -0.25) is 5.10 Å². The first-order valence-corrected chi connectivity index (χ1v) is 8.32. The van der Waals surface area contributed by atoms with E-state index in [0.717, 1.165) is 18.7 Å². The van der Waals surface area contributed by atoms with Crippen LogP contribution in [0, 0.1) is 0 Å². The fourth-order valence-electron chi connectivity index (χ4n) is 1.81. The molecule has 21 heavy (non-hydrogen) atoms. The molecule has 2 heterocycles. The summed E-state index contributed by atoms with van der Waals surface area (Å²) < 4.78 is 26.8. The predicted molar refractivity (Wildman–Crippen MR) is 78.1 cm³/mol. The molecule has 0 bridgehead atoms. The summed E-state index contributed by atoms with van der Waals surface area (Å²) in [5, 5.41) is 9.61. The van der Waals surface area contributed by atoms with Crippen molar-refractivity contribution in [3.63, 3.8) is 0 Å². The summed E-state index contributed by atoms with van der Waals surface area (Å²) >= 11 is 0. The van der Waals surface area contributed by atoms with E-state index in [9.17, 15) is 8.42 Å². The molecule has 0 radical (unpaired) electrons. The summed E-state index contributed by atoms with van der Waals surface area (Å²) in [5.41, 5.74) is 0.846. The summed E-state index contributed by atoms with van der Waals surface area (Å²) in [5.74, 6) is 0.649. The van der Waals surface area contributed by atoms with E-state index < -0.39 is 10.0 Å². The lowest BCUT2D eigenvalue weighted by Gasteiger charge is -2.03. The van der Waals surface area contributed by atoms with E-state index in [1.165, 1.54) is 12.5 Å². The molecule has 0 atom stereocenters. The summed E-state index contributed by atoms with van der Waals surface area (Å²) in [6, 6.07) is 1.64. The zero-order valence-corrected chi connectivity index (χ0v) is 12.7. The van der Waals surface area contributed by atoms with E-state index in [0.29, 0.717) is 18.8 Å². The third-order valence-electron chi connectivity index (χ3n) is 2.89. The van der Waals surface area contributed by atoms with Crippen molar-refractivity contribution in [3.05, 3.63) is 30.1 Å². The van der Waals surface area contributed by atoms with Gasteiger partial charge in [-0.25, -0.2) is 18.1 Å². The standard InChI is InChI=1S/C12H20N6O2S/c1-2-4-13-7-10-6-11(8-14-10)21(19,20)17-5-3-12-15-9-16-18-12/h6,8-9,13-14,17H,2-5,7H2,1H3,(H,15,16,18). The fraction of sp³-hybridized carbons (Fsp3) is 0.500. The lowest BCUT2D eigenvalue weighted by Crippen LogP contribution is -2.26. The molecule has 0 aliphatic rings. The number of hydrogen-bond donors (Lipinski definition) is 4. The lowest BCUT2D eigenvalue weighted by molar-refractivity contribution is 0.581. The second kappa shape index (κ2) is 7.34. The number of hydrogen-bond acceptors (Lipinski definition) is 5. The van der Waals surface area contributed by atoms with Gasteiger partial charge < -0.3 is 10.3 Å². The monoisotopic (exact) mass is 312 g/mol. The van der Waals surface area contributed by atoms with Crippen molar-refractivity contribution in [2.24, 2.45) is 0 Å². The molecule has 0 aliphatic carbocycles. The van der Waals surface area contributed by atoms with Crippen LogP contribution < -0.4 is 10.0 Å². The van der Waals surface area contributed by atoms with Crippen LogP contribution in [-0.4, -0.2) is 41.7 Å². The number of aromatic amines is 2. The lowest BCUT2D eigenvalue weighted by atomic mass is 10.4. The molecule has 0 aliphatic heterocycles. The van der Waals surface area contributed by atoms with Gasteiger partial charge >= 0.3 is 0 Å². The molecule has 0 saturated carbocycles. The smallest absolute Gasteiger partial charge is 0.242 e. The average Bonchev–Trinajstić information content (AvgIpc) is 3.10. The Morgan fingerprint density at radius 2 is 2.19 bits per heavy atom. The van der Waals surface area contributed by atoms with Crippen LogP contribution >= 0.6 is 0 Å². The molecule has 0 amide bonds. The Bertz CT molecular complexity index is 635. The number of nitrogens with one attached hydrogen (secondary N) is 4. The zero-order chi connectivity index (χ0) is 15.1. The van der Waals surface area contributed by atoms with Crippen molar-refractivity contribution in [3.8, 4) is 0 Å². The van der Waals surface area contributed by atoms with E-state index >= 15 is 0 Å². The first-order chi connectivity index (χ1) is 10.1. The first kappa shape index (κ1) is 15.7. The fourth-order valence-corrected chi connectivity index (χ4v) is 2.86. The molecule has 9 heteroatoms. The van der Waals surface area contributed by atoms with E-state index in [1.54, 1.807) is 6.07 Å². The highest BCUT2D eigenvalue weighted by Gasteiger charge is 2.15. The second-order valence-electron chi connectivity index (χ2n) is 4.62. The largest absolute Gasteiger partial charge is 0.363 e. The number of rotatable bonds is 9. The summed E-state index contributed by atoms with van der Waals surface area (Å²) in [6.45, 7) is 3.88. The average molecular weight is 312 g/mol. The van der Waals surface area contributed by atoms with Crippen LogP contribution in [0.1, 0.15) is 24.9 Å². The molecule has 8 nitrogen and oxygen atoms in total. The second-order valence-corrected chi connectivity index (χ2v) is 6.38. The van der Waals surface area contributed by atoms with Crippen molar-refractivity contribution in [2.45, 2.75) is 31.2 Å². The van der Waals surface area contributed by atoms with Gasteiger partial charge in [0, 0.05) is 31.4 Å². The Balaban J connectivity index is 1.86. The molecule has 4 N–H and O–H groups in total. The third kappa shape index (κ3) is 4.66. The van der Waals surface area contributed by atoms with E-state index in [2.05, 4.69) is 37.1 Å². The highest BCUT2D eigenvalue weighted by atomic mass is 32.2. The van der Waals surface area contributed by atoms with Crippen LogP contribution in [0.4, 0.5) is 0 Å². The van der Waals surface area contributed by atoms with Crippen LogP contribution in [0.3, 0.4) is 0 Å². The van der Waals surface area contributed by atoms with Gasteiger partial charge in [0.2, 0.25) is 10.0 Å². The van der Waals surface area contributed by atoms with Gasteiger partial charge in [-0.15, -0.1) is 0 Å². The Hall–Kier alpha value is -1.71. The van der Waals surface area contributed by atoms with Crippen molar-refractivity contribution >= 4 is 10.0 Å². The number of nitrogens with zero attached hydrogens (tertiary/aromatic N) is 2. The molecule has 0 spiro atoms. The summed E-state index contributed by atoms with van der Waals surface area (Å²) in [7, 11) is -3.49. The van der Waals surface area contributed by atoms with Gasteiger partial charge in [-0.2, -0.15) is 5.10 Å². The maximum absolute atomic E-state index is 12.1. The number of sulfonamides is 1. The van der Waals surface area contributed by atoms with Gasteiger partial charge in [0.1, 0.15) is 12.2 Å². The Morgan fingerprint density at radius 3 is 2.90 bits per heavy atom. The minimum absolute atomic E-state index is 0.244. The highest BCUT2D eigenvalue weighted by Crippen LogP contribution is 2.10. The maximum Gasteiger partial charge on any atom is 0.242 e. The maximum atomic E-state index is 12.1. The minimum Gasteiger partial charge on any atom is -0.363 e. The van der Waals surface area contributed by atoms with Crippen molar-refractivity contribution in [1.29, 1.82) is 0 Å². The third-order valence-corrected chi connectivity index (χ3v) is 4.33. The van der Waals surface area contributed by atoms with E-state index in [-0.39, 0.29) is 11.4 Å². The molecule has 0 fully saturated rings. The molecular formula is C12H20N6O2S. The van der Waals surface area contributed by atoms with Gasteiger partial charge in [0.05, 0.1) is 4.90 Å². The quantitative estimate of drug-likeness (QED) is 0.492. The Morgan fingerprint density at radius 1 is 1.33 bits per heavy atom.